The smallest absolute Gasteiger partial charge is 0.122 e. The first kappa shape index (κ1) is 15.3. The number of alkyl halides is 1. The van der Waals surface area contributed by atoms with Gasteiger partial charge in [0.25, 0.3) is 0 Å². The van der Waals surface area contributed by atoms with Gasteiger partial charge in [-0.3, -0.25) is 0 Å². The molecule has 0 radical (unpaired) electrons. The fourth-order valence-electron chi connectivity index (χ4n) is 2.07. The van der Waals surface area contributed by atoms with Crippen molar-refractivity contribution in [3.63, 3.8) is 0 Å². The normalized spacial score (nSPS) is 11.9. The summed E-state index contributed by atoms with van der Waals surface area (Å²) in [5.41, 5.74) is 2.63. The largest absolute Gasteiger partial charge is 0.496 e. The summed E-state index contributed by atoms with van der Waals surface area (Å²) in [4.78, 5) is 0. The number of ether oxygens (including phenoxy) is 1. The molecule has 18 heavy (non-hydrogen) atoms. The van der Waals surface area contributed by atoms with Gasteiger partial charge in [-0.15, -0.1) is 11.6 Å². The van der Waals surface area contributed by atoms with Crippen molar-refractivity contribution in [2.45, 2.75) is 39.0 Å². The third kappa shape index (κ3) is 3.63. The fourth-order valence-corrected chi connectivity index (χ4v) is 2.16. The molecule has 102 valence electrons. The quantitative estimate of drug-likeness (QED) is 0.625. The Morgan fingerprint density at radius 2 is 2.00 bits per heavy atom. The summed E-state index contributed by atoms with van der Waals surface area (Å²) in [5.74, 6) is 1.42. The Kier molecular flexibility index (Phi) is 5.48. The van der Waals surface area contributed by atoms with Crippen LogP contribution >= 0.6 is 11.6 Å². The van der Waals surface area contributed by atoms with E-state index >= 15 is 0 Å². The Labute approximate surface area is 116 Å². The first-order valence-corrected chi connectivity index (χ1v) is 6.91. The molecule has 0 fully saturated rings. The molecule has 0 aromatic heterocycles. The summed E-state index contributed by atoms with van der Waals surface area (Å²) in [6, 6.07) is 6.93. The maximum atomic E-state index is 5.69. The molecule has 0 aliphatic rings. The molecule has 1 aromatic carbocycles. The second-order valence-electron chi connectivity index (χ2n) is 5.56. The van der Waals surface area contributed by atoms with Gasteiger partial charge < -0.3 is 10.1 Å². The van der Waals surface area contributed by atoms with Crippen LogP contribution in [0.5, 0.6) is 5.75 Å². The number of hydrogen-bond acceptors (Lipinski definition) is 2. The van der Waals surface area contributed by atoms with Crippen molar-refractivity contribution in [3.8, 4) is 5.75 Å². The third-order valence-corrected chi connectivity index (χ3v) is 3.48. The van der Waals surface area contributed by atoms with Gasteiger partial charge in [-0.25, -0.2) is 0 Å². The standard InChI is InChI=1S/C15H24ClNO/c1-11(2)13-8-12(6-7-14(13)18-5)15(3,4)9-17-10-16/h6-8,11,17H,9-10H2,1-5H3. The lowest BCUT2D eigenvalue weighted by atomic mass is 9.82. The van der Waals surface area contributed by atoms with Crippen LogP contribution in [0.25, 0.3) is 0 Å². The van der Waals surface area contributed by atoms with Gasteiger partial charge >= 0.3 is 0 Å². The maximum absolute atomic E-state index is 5.69. The lowest BCUT2D eigenvalue weighted by Crippen LogP contribution is -2.32. The minimum Gasteiger partial charge on any atom is -0.496 e. The summed E-state index contributed by atoms with van der Waals surface area (Å²) < 4.78 is 5.42. The molecule has 0 spiro atoms. The van der Waals surface area contributed by atoms with Gasteiger partial charge in [0.05, 0.1) is 13.1 Å². The van der Waals surface area contributed by atoms with Gasteiger partial charge in [0, 0.05) is 12.0 Å². The molecule has 1 N–H and O–H groups in total. The van der Waals surface area contributed by atoms with Crippen molar-refractivity contribution in [1.82, 2.24) is 5.32 Å². The average Bonchev–Trinajstić information content (AvgIpc) is 2.35. The van der Waals surface area contributed by atoms with Crippen LogP contribution in [0.3, 0.4) is 0 Å². The fraction of sp³-hybridized carbons (Fsp3) is 0.600. The molecule has 0 atom stereocenters. The van der Waals surface area contributed by atoms with E-state index in [-0.39, 0.29) is 5.41 Å². The van der Waals surface area contributed by atoms with Crippen LogP contribution in [0.1, 0.15) is 44.7 Å². The van der Waals surface area contributed by atoms with Crippen LogP contribution in [0, 0.1) is 0 Å². The number of benzene rings is 1. The molecule has 0 heterocycles. The zero-order chi connectivity index (χ0) is 13.8. The molecule has 1 rings (SSSR count). The highest BCUT2D eigenvalue weighted by molar-refractivity contribution is 6.17. The van der Waals surface area contributed by atoms with E-state index in [9.17, 15) is 0 Å². The van der Waals surface area contributed by atoms with Crippen molar-refractivity contribution >= 4 is 11.6 Å². The van der Waals surface area contributed by atoms with E-state index in [1.807, 2.05) is 0 Å². The molecule has 2 nitrogen and oxygen atoms in total. The van der Waals surface area contributed by atoms with E-state index < -0.39 is 0 Å². The van der Waals surface area contributed by atoms with E-state index in [0.29, 0.717) is 11.9 Å². The molecular weight excluding hydrogens is 246 g/mol. The van der Waals surface area contributed by atoms with E-state index in [1.54, 1.807) is 7.11 Å². The predicted octanol–water partition coefficient (Wildman–Crippen LogP) is 3.88. The Bertz CT molecular complexity index is 388. The molecule has 0 bridgehead atoms. The highest BCUT2D eigenvalue weighted by Crippen LogP contribution is 2.32. The van der Waals surface area contributed by atoms with Crippen LogP contribution in [-0.2, 0) is 5.41 Å². The first-order valence-electron chi connectivity index (χ1n) is 6.37. The van der Waals surface area contributed by atoms with E-state index in [4.69, 9.17) is 16.3 Å². The van der Waals surface area contributed by atoms with Crippen molar-refractivity contribution in [2.24, 2.45) is 0 Å². The Morgan fingerprint density at radius 1 is 1.33 bits per heavy atom. The SMILES string of the molecule is COc1ccc(C(C)(C)CNCCl)cc1C(C)C. The van der Waals surface area contributed by atoms with Crippen LogP contribution in [0.15, 0.2) is 18.2 Å². The van der Waals surface area contributed by atoms with Crippen LogP contribution in [0.4, 0.5) is 0 Å². The lowest BCUT2D eigenvalue weighted by molar-refractivity contribution is 0.406. The molecule has 3 heteroatoms. The van der Waals surface area contributed by atoms with Gasteiger partial charge in [0.15, 0.2) is 0 Å². The van der Waals surface area contributed by atoms with E-state index in [2.05, 4.69) is 51.2 Å². The zero-order valence-electron chi connectivity index (χ0n) is 12.0. The second-order valence-corrected chi connectivity index (χ2v) is 5.82. The second kappa shape index (κ2) is 6.44. The summed E-state index contributed by atoms with van der Waals surface area (Å²) >= 11 is 5.69. The predicted molar refractivity (Wildman–Crippen MR) is 78.8 cm³/mol. The van der Waals surface area contributed by atoms with E-state index in [0.717, 1.165) is 12.3 Å². The summed E-state index contributed by atoms with van der Waals surface area (Å²) in [5, 5.41) is 3.20. The molecule has 0 aliphatic heterocycles. The third-order valence-electron chi connectivity index (χ3n) is 3.29. The van der Waals surface area contributed by atoms with Gasteiger partial charge in [-0.1, -0.05) is 39.8 Å². The van der Waals surface area contributed by atoms with Gasteiger partial charge in [0.1, 0.15) is 5.75 Å². The number of rotatable bonds is 6. The average molecular weight is 270 g/mol. The van der Waals surface area contributed by atoms with Gasteiger partial charge in [0.2, 0.25) is 0 Å². The minimum absolute atomic E-state index is 0.0603. The van der Waals surface area contributed by atoms with Crippen LogP contribution < -0.4 is 10.1 Å². The number of halogens is 1. The van der Waals surface area contributed by atoms with Crippen LogP contribution in [-0.4, -0.2) is 19.7 Å². The Morgan fingerprint density at radius 3 is 2.50 bits per heavy atom. The Balaban J connectivity index is 3.07. The maximum Gasteiger partial charge on any atom is 0.122 e. The van der Waals surface area contributed by atoms with Gasteiger partial charge in [-0.2, -0.15) is 0 Å². The number of nitrogens with one attached hydrogen (secondary N) is 1. The van der Waals surface area contributed by atoms with Crippen LogP contribution in [0.2, 0.25) is 0 Å². The van der Waals surface area contributed by atoms with Crippen molar-refractivity contribution in [1.29, 1.82) is 0 Å². The number of methoxy groups -OCH3 is 1. The molecule has 0 amide bonds. The highest BCUT2D eigenvalue weighted by Gasteiger charge is 2.21. The lowest BCUT2D eigenvalue weighted by Gasteiger charge is -2.27. The zero-order valence-corrected chi connectivity index (χ0v) is 12.8. The topological polar surface area (TPSA) is 21.3 Å². The molecule has 0 saturated carbocycles. The monoisotopic (exact) mass is 269 g/mol. The summed E-state index contributed by atoms with van der Waals surface area (Å²) in [6.07, 6.45) is 0. The number of hydrogen-bond donors (Lipinski definition) is 1. The van der Waals surface area contributed by atoms with Crippen molar-refractivity contribution < 1.29 is 4.74 Å². The molecule has 0 saturated heterocycles. The summed E-state index contributed by atoms with van der Waals surface area (Å²) in [6.45, 7) is 9.68. The molecule has 1 aromatic rings. The minimum atomic E-state index is 0.0603. The van der Waals surface area contributed by atoms with Crippen molar-refractivity contribution in [2.75, 3.05) is 19.7 Å². The van der Waals surface area contributed by atoms with Crippen molar-refractivity contribution in [3.05, 3.63) is 29.3 Å². The Hall–Kier alpha value is -0.730. The molecule has 0 unspecified atom stereocenters. The molecular formula is C15H24ClNO. The molecule has 0 aliphatic carbocycles. The van der Waals surface area contributed by atoms with Gasteiger partial charge in [-0.05, 0) is 23.1 Å². The summed E-state index contributed by atoms with van der Waals surface area (Å²) in [7, 11) is 1.72. The van der Waals surface area contributed by atoms with E-state index in [1.165, 1.54) is 11.1 Å². The first-order chi connectivity index (χ1) is 8.42. The highest BCUT2D eigenvalue weighted by atomic mass is 35.5.